The van der Waals surface area contributed by atoms with Crippen LogP contribution in [0.15, 0.2) is 41.0 Å². The van der Waals surface area contributed by atoms with Gasteiger partial charge >= 0.3 is 0 Å². The lowest BCUT2D eigenvalue weighted by Crippen LogP contribution is -2.01. The Bertz CT molecular complexity index is 557. The number of hydrogen-bond acceptors (Lipinski definition) is 1. The van der Waals surface area contributed by atoms with E-state index in [1.807, 2.05) is 19.1 Å². The number of aromatic nitrogens is 1. The maximum atomic E-state index is 13.0. The molecule has 1 aromatic carbocycles. The maximum absolute atomic E-state index is 13.0. The van der Waals surface area contributed by atoms with Crippen LogP contribution in [0.25, 0.3) is 0 Å². The molecule has 0 N–H and O–H groups in total. The number of rotatable bonds is 3. The summed E-state index contributed by atoms with van der Waals surface area (Å²) in [5.41, 5.74) is 3.25. The number of aryl methyl sites for hydroxylation is 1. The third-order valence-electron chi connectivity index (χ3n) is 2.79. The van der Waals surface area contributed by atoms with E-state index >= 15 is 0 Å². The molecule has 0 amide bonds. The average molecular weight is 373 g/mol. The molecule has 18 heavy (non-hydrogen) atoms. The molecule has 0 spiro atoms. The molecule has 0 aliphatic heterocycles. The number of halogens is 3. The second-order valence-corrected chi connectivity index (χ2v) is 6.06. The fourth-order valence-electron chi connectivity index (χ4n) is 1.77. The van der Waals surface area contributed by atoms with E-state index < -0.39 is 0 Å². The second kappa shape index (κ2) is 5.93. The van der Waals surface area contributed by atoms with Gasteiger partial charge in [-0.05, 0) is 36.2 Å². The minimum absolute atomic E-state index is 0.112. The largest absolute Gasteiger partial charge is 0.261 e. The average Bonchev–Trinajstić information content (AvgIpc) is 2.32. The van der Waals surface area contributed by atoms with Crippen molar-refractivity contribution >= 4 is 31.9 Å². The van der Waals surface area contributed by atoms with Crippen molar-refractivity contribution in [2.75, 3.05) is 0 Å². The van der Waals surface area contributed by atoms with Crippen LogP contribution in [0.2, 0.25) is 0 Å². The second-order valence-electron chi connectivity index (χ2n) is 4.10. The third-order valence-corrected chi connectivity index (χ3v) is 4.29. The predicted molar refractivity (Wildman–Crippen MR) is 78.4 cm³/mol. The molecule has 0 aliphatic rings. The smallest absolute Gasteiger partial charge is 0.124 e. The van der Waals surface area contributed by atoms with Gasteiger partial charge in [-0.2, -0.15) is 0 Å². The summed E-state index contributed by atoms with van der Waals surface area (Å²) in [6.45, 7) is 2.04. The Hall–Kier alpha value is -0.740. The molecular weight excluding hydrogens is 361 g/mol. The summed E-state index contributed by atoms with van der Waals surface area (Å²) in [6.07, 6.45) is 2.57. The zero-order chi connectivity index (χ0) is 13.1. The van der Waals surface area contributed by atoms with Crippen LogP contribution in [0.5, 0.6) is 0 Å². The summed E-state index contributed by atoms with van der Waals surface area (Å²) in [4.78, 5) is 4.48. The first kappa shape index (κ1) is 13.7. The standard InChI is InChI=1S/C14H12Br2FN/c1-9-3-2-6-18-14(9)8-13(16)11-5-4-10(17)7-12(11)15/h2-7,13H,8H2,1H3. The molecule has 1 nitrogen and oxygen atoms in total. The normalized spacial score (nSPS) is 12.4. The monoisotopic (exact) mass is 371 g/mol. The van der Waals surface area contributed by atoms with Gasteiger partial charge in [0.05, 0.1) is 0 Å². The van der Waals surface area contributed by atoms with Gasteiger partial charge in [0, 0.05) is 27.6 Å². The van der Waals surface area contributed by atoms with Gasteiger partial charge in [0.2, 0.25) is 0 Å². The van der Waals surface area contributed by atoms with Gasteiger partial charge in [-0.15, -0.1) is 0 Å². The van der Waals surface area contributed by atoms with Crippen molar-refractivity contribution in [2.24, 2.45) is 0 Å². The molecule has 0 saturated heterocycles. The van der Waals surface area contributed by atoms with Gasteiger partial charge in [0.15, 0.2) is 0 Å². The summed E-state index contributed by atoms with van der Waals surface area (Å²) in [5.74, 6) is -0.237. The van der Waals surface area contributed by atoms with Crippen LogP contribution in [0.3, 0.4) is 0 Å². The first-order valence-corrected chi connectivity index (χ1v) is 7.28. The van der Waals surface area contributed by atoms with Gasteiger partial charge in [0.1, 0.15) is 5.82 Å². The molecule has 0 saturated carbocycles. The Balaban J connectivity index is 2.22. The first-order chi connectivity index (χ1) is 8.58. The van der Waals surface area contributed by atoms with E-state index in [0.717, 1.165) is 22.2 Å². The number of pyridine rings is 1. The van der Waals surface area contributed by atoms with Gasteiger partial charge in [-0.1, -0.05) is 44.0 Å². The van der Waals surface area contributed by atoms with Crippen LogP contribution in [0.1, 0.15) is 21.6 Å². The molecule has 2 aromatic rings. The fraction of sp³-hybridized carbons (Fsp3) is 0.214. The molecule has 1 aromatic heterocycles. The van der Waals surface area contributed by atoms with Crippen LogP contribution in [-0.4, -0.2) is 4.98 Å². The lowest BCUT2D eigenvalue weighted by atomic mass is 10.1. The Morgan fingerprint density at radius 3 is 2.78 bits per heavy atom. The lowest BCUT2D eigenvalue weighted by Gasteiger charge is -2.13. The molecule has 2 rings (SSSR count). The summed E-state index contributed by atoms with van der Waals surface area (Å²) >= 11 is 7.03. The SMILES string of the molecule is Cc1cccnc1CC(Br)c1ccc(F)cc1Br. The van der Waals surface area contributed by atoms with E-state index in [-0.39, 0.29) is 10.6 Å². The van der Waals surface area contributed by atoms with Crippen molar-refractivity contribution in [2.45, 2.75) is 18.2 Å². The first-order valence-electron chi connectivity index (χ1n) is 5.57. The molecular formula is C14H12Br2FN. The van der Waals surface area contributed by atoms with Crippen LogP contribution < -0.4 is 0 Å². The number of nitrogens with zero attached hydrogens (tertiary/aromatic N) is 1. The highest BCUT2D eigenvalue weighted by Crippen LogP contribution is 2.33. The minimum atomic E-state index is -0.237. The predicted octanol–water partition coefficient (Wildman–Crippen LogP) is 4.97. The van der Waals surface area contributed by atoms with Crippen molar-refractivity contribution in [1.82, 2.24) is 4.98 Å². The Labute approximate surface area is 123 Å². The van der Waals surface area contributed by atoms with E-state index in [4.69, 9.17) is 0 Å². The molecule has 0 fully saturated rings. The van der Waals surface area contributed by atoms with Crippen LogP contribution in [0.4, 0.5) is 4.39 Å². The molecule has 1 unspecified atom stereocenters. The third kappa shape index (κ3) is 3.18. The van der Waals surface area contributed by atoms with Crippen molar-refractivity contribution in [3.8, 4) is 0 Å². The number of hydrogen-bond donors (Lipinski definition) is 0. The van der Waals surface area contributed by atoms with Crippen molar-refractivity contribution in [1.29, 1.82) is 0 Å². The fourth-order valence-corrected chi connectivity index (χ4v) is 3.41. The highest BCUT2D eigenvalue weighted by molar-refractivity contribution is 9.11. The highest BCUT2D eigenvalue weighted by Gasteiger charge is 2.14. The van der Waals surface area contributed by atoms with E-state index in [0.29, 0.717) is 0 Å². The van der Waals surface area contributed by atoms with Crippen LogP contribution in [0, 0.1) is 12.7 Å². The lowest BCUT2D eigenvalue weighted by molar-refractivity contribution is 0.625. The Morgan fingerprint density at radius 2 is 2.11 bits per heavy atom. The summed E-state index contributed by atoms with van der Waals surface area (Å²) in [5, 5.41) is 0. The molecule has 4 heteroatoms. The highest BCUT2D eigenvalue weighted by atomic mass is 79.9. The van der Waals surface area contributed by atoms with E-state index in [2.05, 4.69) is 36.8 Å². The van der Waals surface area contributed by atoms with Crippen molar-refractivity contribution < 1.29 is 4.39 Å². The van der Waals surface area contributed by atoms with Crippen LogP contribution >= 0.6 is 31.9 Å². The maximum Gasteiger partial charge on any atom is 0.124 e. The molecule has 0 radical (unpaired) electrons. The quantitative estimate of drug-likeness (QED) is 0.693. The van der Waals surface area contributed by atoms with E-state index in [1.54, 1.807) is 12.3 Å². The summed E-state index contributed by atoms with van der Waals surface area (Å²) < 4.78 is 13.8. The van der Waals surface area contributed by atoms with Gasteiger partial charge in [-0.25, -0.2) is 4.39 Å². The van der Waals surface area contributed by atoms with Crippen molar-refractivity contribution in [3.05, 3.63) is 63.6 Å². The topological polar surface area (TPSA) is 12.9 Å². The molecule has 0 aliphatic carbocycles. The van der Waals surface area contributed by atoms with Gasteiger partial charge in [0.25, 0.3) is 0 Å². The van der Waals surface area contributed by atoms with E-state index in [9.17, 15) is 4.39 Å². The molecule has 0 bridgehead atoms. The Morgan fingerprint density at radius 1 is 1.33 bits per heavy atom. The Kier molecular flexibility index (Phi) is 4.51. The molecule has 1 atom stereocenters. The summed E-state index contributed by atoms with van der Waals surface area (Å²) in [7, 11) is 0. The summed E-state index contributed by atoms with van der Waals surface area (Å²) in [6, 6.07) is 8.71. The molecule has 94 valence electrons. The van der Waals surface area contributed by atoms with Crippen molar-refractivity contribution in [3.63, 3.8) is 0 Å². The number of alkyl halides is 1. The minimum Gasteiger partial charge on any atom is -0.261 e. The van der Waals surface area contributed by atoms with Gasteiger partial charge < -0.3 is 0 Å². The molecule has 1 heterocycles. The zero-order valence-electron chi connectivity index (χ0n) is 9.83. The zero-order valence-corrected chi connectivity index (χ0v) is 13.0. The van der Waals surface area contributed by atoms with Gasteiger partial charge in [-0.3, -0.25) is 4.98 Å². The number of benzene rings is 1. The van der Waals surface area contributed by atoms with Crippen LogP contribution in [-0.2, 0) is 6.42 Å². The van der Waals surface area contributed by atoms with E-state index in [1.165, 1.54) is 17.7 Å².